The van der Waals surface area contributed by atoms with Crippen LogP contribution >= 0.6 is 0 Å². The minimum Gasteiger partial charge on any atom is -0.399 e. The minimum atomic E-state index is -0.450. The highest BCUT2D eigenvalue weighted by Gasteiger charge is 2.12. The van der Waals surface area contributed by atoms with Crippen molar-refractivity contribution in [1.29, 1.82) is 0 Å². The summed E-state index contributed by atoms with van der Waals surface area (Å²) in [7, 11) is 0. The zero-order chi connectivity index (χ0) is 13.1. The van der Waals surface area contributed by atoms with Gasteiger partial charge in [0.05, 0.1) is 0 Å². The second-order valence-corrected chi connectivity index (χ2v) is 3.79. The molecule has 0 aliphatic carbocycles. The summed E-state index contributed by atoms with van der Waals surface area (Å²) in [6.07, 6.45) is 0. The largest absolute Gasteiger partial charge is 0.399 e. The Balaban J connectivity index is 2.61. The predicted molar refractivity (Wildman–Crippen MR) is 67.9 cm³/mol. The Morgan fingerprint density at radius 3 is 2.61 bits per heavy atom. The first-order chi connectivity index (χ1) is 8.61. The number of hydrazine groups is 1. The fraction of sp³-hybridized carbons (Fsp3) is 0. The van der Waals surface area contributed by atoms with Gasteiger partial charge in [-0.05, 0) is 41.5 Å². The lowest BCUT2D eigenvalue weighted by atomic mass is 9.98. The lowest BCUT2D eigenvalue weighted by Crippen LogP contribution is -2.30. The van der Waals surface area contributed by atoms with Crippen LogP contribution in [-0.4, -0.2) is 5.91 Å². The number of nitrogen functional groups attached to an aromatic ring is 2. The molecule has 0 aromatic heterocycles. The molecule has 92 valence electrons. The second kappa shape index (κ2) is 4.85. The van der Waals surface area contributed by atoms with Crippen LogP contribution in [0.25, 0.3) is 11.1 Å². The molecule has 0 aliphatic rings. The molecular weight excluding hydrogens is 233 g/mol. The highest BCUT2D eigenvalue weighted by molar-refractivity contribution is 6.01. The topological polar surface area (TPSA) is 81.1 Å². The molecule has 0 radical (unpaired) electrons. The van der Waals surface area contributed by atoms with E-state index < -0.39 is 5.91 Å². The molecule has 4 nitrogen and oxygen atoms in total. The molecule has 0 atom stereocenters. The van der Waals surface area contributed by atoms with Crippen molar-refractivity contribution in [3.8, 4) is 11.1 Å². The Morgan fingerprint density at radius 2 is 1.94 bits per heavy atom. The van der Waals surface area contributed by atoms with Crippen LogP contribution in [0.2, 0.25) is 0 Å². The highest BCUT2D eigenvalue weighted by atomic mass is 19.1. The second-order valence-electron chi connectivity index (χ2n) is 3.79. The van der Waals surface area contributed by atoms with Gasteiger partial charge in [0.1, 0.15) is 5.82 Å². The van der Waals surface area contributed by atoms with E-state index in [0.717, 1.165) is 0 Å². The summed E-state index contributed by atoms with van der Waals surface area (Å²) in [5, 5.41) is 0. The molecule has 0 saturated heterocycles. The first-order valence-electron chi connectivity index (χ1n) is 5.28. The van der Waals surface area contributed by atoms with Crippen LogP contribution in [0.3, 0.4) is 0 Å². The van der Waals surface area contributed by atoms with Crippen LogP contribution in [0.1, 0.15) is 10.4 Å². The Hall–Kier alpha value is -2.40. The molecule has 2 aromatic rings. The quantitative estimate of drug-likeness (QED) is 0.326. The van der Waals surface area contributed by atoms with Gasteiger partial charge in [0.25, 0.3) is 5.91 Å². The number of carbonyl (C=O) groups excluding carboxylic acids is 1. The summed E-state index contributed by atoms with van der Waals surface area (Å²) in [6.45, 7) is 0. The molecule has 2 aromatic carbocycles. The third-order valence-electron chi connectivity index (χ3n) is 2.55. The summed E-state index contributed by atoms with van der Waals surface area (Å²) in [5.41, 5.74) is 9.68. The lowest BCUT2D eigenvalue weighted by molar-refractivity contribution is 0.0954. The van der Waals surface area contributed by atoms with E-state index in [2.05, 4.69) is 5.43 Å². The van der Waals surface area contributed by atoms with E-state index in [9.17, 15) is 9.18 Å². The number of benzene rings is 2. The molecule has 0 spiro atoms. The average Bonchev–Trinajstić information content (AvgIpc) is 2.38. The Kier molecular flexibility index (Phi) is 3.25. The molecule has 5 heteroatoms. The van der Waals surface area contributed by atoms with Gasteiger partial charge >= 0.3 is 0 Å². The van der Waals surface area contributed by atoms with Gasteiger partial charge in [-0.2, -0.15) is 0 Å². The fourth-order valence-electron chi connectivity index (χ4n) is 1.73. The van der Waals surface area contributed by atoms with Crippen molar-refractivity contribution < 1.29 is 9.18 Å². The standard InChI is InChI=1S/C13H12FN3O/c14-9-3-1-2-8(6-9)12-7-10(15)4-5-11(12)13(18)17-16/h1-7H,15-16H2,(H,17,18). The molecule has 0 heterocycles. The SMILES string of the molecule is NNC(=O)c1ccc(N)cc1-c1cccc(F)c1. The van der Waals surface area contributed by atoms with Crippen molar-refractivity contribution in [2.24, 2.45) is 5.84 Å². The minimum absolute atomic E-state index is 0.345. The Labute approximate surface area is 103 Å². The summed E-state index contributed by atoms with van der Waals surface area (Å²) in [6, 6.07) is 10.7. The van der Waals surface area contributed by atoms with Gasteiger partial charge in [0.15, 0.2) is 0 Å². The van der Waals surface area contributed by atoms with Crippen molar-refractivity contribution in [2.45, 2.75) is 0 Å². The van der Waals surface area contributed by atoms with Gasteiger partial charge in [0.2, 0.25) is 0 Å². The first-order valence-corrected chi connectivity index (χ1v) is 5.28. The number of nitrogens with two attached hydrogens (primary N) is 2. The lowest BCUT2D eigenvalue weighted by Gasteiger charge is -2.09. The zero-order valence-electron chi connectivity index (χ0n) is 9.48. The van der Waals surface area contributed by atoms with Crippen molar-refractivity contribution in [1.82, 2.24) is 5.43 Å². The van der Waals surface area contributed by atoms with Crippen molar-refractivity contribution >= 4 is 11.6 Å². The summed E-state index contributed by atoms with van der Waals surface area (Å²) < 4.78 is 13.2. The van der Waals surface area contributed by atoms with Gasteiger partial charge in [0, 0.05) is 11.3 Å². The molecule has 0 fully saturated rings. The van der Waals surface area contributed by atoms with Crippen molar-refractivity contribution in [2.75, 3.05) is 5.73 Å². The third-order valence-corrected chi connectivity index (χ3v) is 2.55. The molecule has 0 aliphatic heterocycles. The van der Waals surface area contributed by atoms with Gasteiger partial charge in [-0.3, -0.25) is 10.2 Å². The van der Waals surface area contributed by atoms with Crippen LogP contribution in [-0.2, 0) is 0 Å². The first kappa shape index (κ1) is 12.1. The molecule has 18 heavy (non-hydrogen) atoms. The van der Waals surface area contributed by atoms with E-state index in [1.807, 2.05) is 0 Å². The zero-order valence-corrected chi connectivity index (χ0v) is 9.48. The molecule has 2 rings (SSSR count). The number of rotatable bonds is 2. The van der Waals surface area contributed by atoms with Crippen LogP contribution in [0.5, 0.6) is 0 Å². The average molecular weight is 245 g/mol. The number of nitrogens with one attached hydrogen (secondary N) is 1. The van der Waals surface area contributed by atoms with E-state index in [-0.39, 0.29) is 5.82 Å². The summed E-state index contributed by atoms with van der Waals surface area (Å²) in [5.74, 6) is 4.28. The summed E-state index contributed by atoms with van der Waals surface area (Å²) >= 11 is 0. The van der Waals surface area contributed by atoms with Crippen LogP contribution in [0, 0.1) is 5.82 Å². The molecule has 1 amide bonds. The van der Waals surface area contributed by atoms with Crippen molar-refractivity contribution in [3.63, 3.8) is 0 Å². The molecular formula is C13H12FN3O. The Bertz CT molecular complexity index is 599. The summed E-state index contributed by atoms with van der Waals surface area (Å²) in [4.78, 5) is 11.6. The van der Waals surface area contributed by atoms with Gasteiger partial charge in [-0.25, -0.2) is 10.2 Å². The Morgan fingerprint density at radius 1 is 1.17 bits per heavy atom. The number of carbonyl (C=O) groups is 1. The van der Waals surface area contributed by atoms with Crippen molar-refractivity contribution in [3.05, 3.63) is 53.8 Å². The maximum Gasteiger partial charge on any atom is 0.265 e. The van der Waals surface area contributed by atoms with Gasteiger partial charge < -0.3 is 5.73 Å². The maximum absolute atomic E-state index is 13.2. The maximum atomic E-state index is 13.2. The fourth-order valence-corrected chi connectivity index (χ4v) is 1.73. The monoisotopic (exact) mass is 245 g/mol. The van der Waals surface area contributed by atoms with Crippen LogP contribution in [0.4, 0.5) is 10.1 Å². The van der Waals surface area contributed by atoms with E-state index in [1.54, 1.807) is 30.3 Å². The number of hydrogen-bond donors (Lipinski definition) is 3. The van der Waals surface area contributed by atoms with Gasteiger partial charge in [-0.1, -0.05) is 12.1 Å². The molecule has 0 bridgehead atoms. The van der Waals surface area contributed by atoms with E-state index in [4.69, 9.17) is 11.6 Å². The normalized spacial score (nSPS) is 10.1. The van der Waals surface area contributed by atoms with Crippen LogP contribution < -0.4 is 17.0 Å². The smallest absolute Gasteiger partial charge is 0.265 e. The van der Waals surface area contributed by atoms with Gasteiger partial charge in [-0.15, -0.1) is 0 Å². The number of halogens is 1. The molecule has 0 unspecified atom stereocenters. The van der Waals surface area contributed by atoms with Crippen LogP contribution in [0.15, 0.2) is 42.5 Å². The van der Waals surface area contributed by atoms with E-state index >= 15 is 0 Å². The third kappa shape index (κ3) is 2.31. The van der Waals surface area contributed by atoms with E-state index in [1.165, 1.54) is 12.1 Å². The molecule has 0 saturated carbocycles. The number of amides is 1. The highest BCUT2D eigenvalue weighted by Crippen LogP contribution is 2.26. The molecule has 5 N–H and O–H groups in total. The number of hydrogen-bond acceptors (Lipinski definition) is 3. The van der Waals surface area contributed by atoms with E-state index in [0.29, 0.717) is 22.4 Å². The number of anilines is 1. The predicted octanol–water partition coefficient (Wildman–Crippen LogP) is 1.68.